The highest BCUT2D eigenvalue weighted by atomic mass is 79.9. The Labute approximate surface area is 162 Å². The number of hydrogen-bond donors (Lipinski definition) is 1. The lowest BCUT2D eigenvalue weighted by atomic mass is 10.1. The van der Waals surface area contributed by atoms with E-state index in [0.717, 1.165) is 26.1 Å². The lowest BCUT2D eigenvalue weighted by Crippen LogP contribution is -1.97. The molecule has 0 aliphatic carbocycles. The third-order valence-electron chi connectivity index (χ3n) is 3.64. The van der Waals surface area contributed by atoms with Crippen LogP contribution in [0.25, 0.3) is 16.8 Å². The number of carbonyl (C=O) groups is 1. The largest absolute Gasteiger partial charge is 0.487 e. The molecule has 126 valence electrons. The Kier molecular flexibility index (Phi) is 5.56. The van der Waals surface area contributed by atoms with Crippen molar-refractivity contribution in [2.45, 2.75) is 6.61 Å². The van der Waals surface area contributed by atoms with Crippen molar-refractivity contribution in [3.8, 4) is 5.75 Å². The van der Waals surface area contributed by atoms with Crippen LogP contribution in [0.5, 0.6) is 5.75 Å². The fraction of sp³-hybridized carbons (Fsp3) is 0.0500. The summed E-state index contributed by atoms with van der Waals surface area (Å²) in [5, 5.41) is 11.1. The first-order valence-electron chi connectivity index (χ1n) is 7.53. The van der Waals surface area contributed by atoms with Crippen LogP contribution >= 0.6 is 31.9 Å². The normalized spacial score (nSPS) is 11.1. The van der Waals surface area contributed by atoms with Gasteiger partial charge in [-0.3, -0.25) is 0 Å². The van der Waals surface area contributed by atoms with E-state index < -0.39 is 5.97 Å². The number of carboxylic acids is 1. The van der Waals surface area contributed by atoms with Crippen LogP contribution in [-0.2, 0) is 11.4 Å². The minimum atomic E-state index is -0.983. The van der Waals surface area contributed by atoms with Crippen LogP contribution in [0.3, 0.4) is 0 Å². The summed E-state index contributed by atoms with van der Waals surface area (Å²) < 4.78 is 7.46. The first-order valence-corrected chi connectivity index (χ1v) is 9.12. The fourth-order valence-electron chi connectivity index (χ4n) is 2.47. The van der Waals surface area contributed by atoms with E-state index in [1.807, 2.05) is 30.3 Å². The lowest BCUT2D eigenvalue weighted by Gasteiger charge is -2.12. The summed E-state index contributed by atoms with van der Waals surface area (Å²) in [7, 11) is 0. The number of fused-ring (bicyclic) bond motifs is 1. The van der Waals surface area contributed by atoms with Crippen molar-refractivity contribution >= 4 is 54.7 Å². The number of carboxylic acid groups (broad SMARTS) is 1. The van der Waals surface area contributed by atoms with Crippen LogP contribution in [0.2, 0.25) is 0 Å². The van der Waals surface area contributed by atoms with Crippen molar-refractivity contribution in [1.29, 1.82) is 0 Å². The summed E-state index contributed by atoms with van der Waals surface area (Å²) in [6.45, 7) is 0.437. The van der Waals surface area contributed by atoms with E-state index in [9.17, 15) is 4.79 Å². The van der Waals surface area contributed by atoms with Crippen LogP contribution in [0.1, 0.15) is 11.1 Å². The van der Waals surface area contributed by atoms with Gasteiger partial charge in [-0.2, -0.15) is 0 Å². The van der Waals surface area contributed by atoms with Gasteiger partial charge in [0.05, 0.1) is 8.95 Å². The Balaban J connectivity index is 1.79. The molecule has 3 rings (SSSR count). The summed E-state index contributed by atoms with van der Waals surface area (Å²) in [5.41, 5.74) is 1.84. The van der Waals surface area contributed by atoms with Gasteiger partial charge in [-0.15, -0.1) is 0 Å². The molecule has 0 aliphatic rings. The lowest BCUT2D eigenvalue weighted by molar-refractivity contribution is -0.131. The maximum atomic E-state index is 10.6. The molecule has 25 heavy (non-hydrogen) atoms. The molecule has 0 fully saturated rings. The van der Waals surface area contributed by atoms with Gasteiger partial charge >= 0.3 is 5.97 Å². The number of aliphatic carboxylic acids is 1. The van der Waals surface area contributed by atoms with Gasteiger partial charge in [0.2, 0.25) is 0 Å². The van der Waals surface area contributed by atoms with E-state index in [1.165, 1.54) is 16.8 Å². The van der Waals surface area contributed by atoms with Crippen molar-refractivity contribution in [3.63, 3.8) is 0 Å². The molecule has 1 N–H and O–H groups in total. The Bertz CT molecular complexity index is 941. The van der Waals surface area contributed by atoms with Crippen LogP contribution in [0.4, 0.5) is 0 Å². The average Bonchev–Trinajstić information content (AvgIpc) is 2.59. The van der Waals surface area contributed by atoms with Crippen LogP contribution in [0.15, 0.2) is 69.6 Å². The first kappa shape index (κ1) is 17.7. The highest BCUT2D eigenvalue weighted by molar-refractivity contribution is 9.11. The molecule has 3 aromatic rings. The van der Waals surface area contributed by atoms with Gasteiger partial charge in [0.1, 0.15) is 12.4 Å². The van der Waals surface area contributed by atoms with E-state index >= 15 is 0 Å². The van der Waals surface area contributed by atoms with E-state index in [0.29, 0.717) is 12.4 Å². The van der Waals surface area contributed by atoms with Gasteiger partial charge in [-0.05, 0) is 78.0 Å². The van der Waals surface area contributed by atoms with E-state index in [-0.39, 0.29) is 0 Å². The summed E-state index contributed by atoms with van der Waals surface area (Å²) >= 11 is 6.96. The van der Waals surface area contributed by atoms with Crippen LogP contribution in [0, 0.1) is 0 Å². The summed E-state index contributed by atoms with van der Waals surface area (Å²) in [4.78, 5) is 10.6. The standard InChI is InChI=1S/C20H14Br2O3/c21-17-10-13(6-8-19(23)24)11-18(22)20(17)25-12-14-5-7-15-3-1-2-4-16(15)9-14/h1-11H,12H2,(H,23,24)/b8-6+. The molecule has 3 aromatic carbocycles. The molecular formula is C20H14Br2O3. The van der Waals surface area contributed by atoms with Gasteiger partial charge in [0.25, 0.3) is 0 Å². The zero-order chi connectivity index (χ0) is 17.8. The van der Waals surface area contributed by atoms with Crippen LogP contribution in [-0.4, -0.2) is 11.1 Å². The molecule has 0 heterocycles. The summed E-state index contributed by atoms with van der Waals surface area (Å²) in [6, 6.07) is 18.1. The van der Waals surface area contributed by atoms with Crippen molar-refractivity contribution in [1.82, 2.24) is 0 Å². The number of benzene rings is 3. The third kappa shape index (κ3) is 4.50. The summed E-state index contributed by atoms with van der Waals surface area (Å²) in [6.07, 6.45) is 2.63. The average molecular weight is 462 g/mol. The SMILES string of the molecule is O=C(O)/C=C/c1cc(Br)c(OCc2ccc3ccccc3c2)c(Br)c1. The van der Waals surface area contributed by atoms with Crippen molar-refractivity contribution in [3.05, 3.63) is 80.7 Å². The molecule has 0 aromatic heterocycles. The fourth-order valence-corrected chi connectivity index (χ4v) is 3.92. The second kappa shape index (κ2) is 7.85. The Morgan fingerprint density at radius 2 is 1.68 bits per heavy atom. The predicted molar refractivity (Wildman–Crippen MR) is 107 cm³/mol. The minimum Gasteiger partial charge on any atom is -0.487 e. The molecule has 0 atom stereocenters. The number of ether oxygens (including phenoxy) is 1. The van der Waals surface area contributed by atoms with Gasteiger partial charge in [-0.1, -0.05) is 36.4 Å². The maximum Gasteiger partial charge on any atom is 0.328 e. The second-order valence-electron chi connectivity index (χ2n) is 5.46. The highest BCUT2D eigenvalue weighted by Crippen LogP contribution is 2.35. The van der Waals surface area contributed by atoms with E-state index in [4.69, 9.17) is 9.84 Å². The molecule has 0 radical (unpaired) electrons. The molecule has 0 spiro atoms. The minimum absolute atomic E-state index is 0.437. The van der Waals surface area contributed by atoms with Crippen molar-refractivity contribution < 1.29 is 14.6 Å². The Morgan fingerprint density at radius 1 is 1.00 bits per heavy atom. The predicted octanol–water partition coefficient (Wildman–Crippen LogP) is 6.04. The Hall–Kier alpha value is -2.11. The maximum absolute atomic E-state index is 10.6. The van der Waals surface area contributed by atoms with E-state index in [1.54, 1.807) is 0 Å². The van der Waals surface area contributed by atoms with Gasteiger partial charge in [0, 0.05) is 6.08 Å². The monoisotopic (exact) mass is 460 g/mol. The molecule has 5 heteroatoms. The van der Waals surface area contributed by atoms with Gasteiger partial charge in [0.15, 0.2) is 0 Å². The Morgan fingerprint density at radius 3 is 2.36 bits per heavy atom. The molecule has 0 saturated carbocycles. The zero-order valence-electron chi connectivity index (χ0n) is 13.1. The number of halogens is 2. The topological polar surface area (TPSA) is 46.5 Å². The van der Waals surface area contributed by atoms with Crippen LogP contribution < -0.4 is 4.74 Å². The molecule has 3 nitrogen and oxygen atoms in total. The molecule has 0 aliphatic heterocycles. The quantitative estimate of drug-likeness (QED) is 0.471. The van der Waals surface area contributed by atoms with Gasteiger partial charge < -0.3 is 9.84 Å². The molecule has 0 bridgehead atoms. The second-order valence-corrected chi connectivity index (χ2v) is 7.16. The van der Waals surface area contributed by atoms with E-state index in [2.05, 4.69) is 56.1 Å². The number of rotatable bonds is 5. The van der Waals surface area contributed by atoms with Gasteiger partial charge in [-0.25, -0.2) is 4.79 Å². The third-order valence-corrected chi connectivity index (χ3v) is 4.81. The zero-order valence-corrected chi connectivity index (χ0v) is 16.2. The number of hydrogen-bond acceptors (Lipinski definition) is 2. The highest BCUT2D eigenvalue weighted by Gasteiger charge is 2.09. The van der Waals surface area contributed by atoms with Crippen molar-refractivity contribution in [2.75, 3.05) is 0 Å². The smallest absolute Gasteiger partial charge is 0.328 e. The van der Waals surface area contributed by atoms with Crippen molar-refractivity contribution in [2.24, 2.45) is 0 Å². The first-order chi connectivity index (χ1) is 12.0. The molecule has 0 unspecified atom stereocenters. The molecule has 0 amide bonds. The molecule has 0 saturated heterocycles. The summed E-state index contributed by atoms with van der Waals surface area (Å²) in [5.74, 6) is -0.301. The molecular weight excluding hydrogens is 448 g/mol.